The fourth-order valence-corrected chi connectivity index (χ4v) is 2.27. The minimum absolute atomic E-state index is 0.0489. The molecule has 0 bridgehead atoms. The van der Waals surface area contributed by atoms with Crippen molar-refractivity contribution in [2.45, 2.75) is 19.8 Å². The predicted octanol–water partition coefficient (Wildman–Crippen LogP) is 2.47. The van der Waals surface area contributed by atoms with Crippen molar-refractivity contribution >= 4 is 11.6 Å². The summed E-state index contributed by atoms with van der Waals surface area (Å²) in [5.74, 6) is 0.445. The minimum Gasteiger partial charge on any atom is -0.506 e. The highest BCUT2D eigenvalue weighted by Gasteiger charge is 2.22. The molecule has 1 aliphatic heterocycles. The van der Waals surface area contributed by atoms with Crippen LogP contribution in [0.3, 0.4) is 0 Å². The molecule has 1 fully saturated rings. The van der Waals surface area contributed by atoms with Gasteiger partial charge in [-0.1, -0.05) is 19.1 Å². The van der Waals surface area contributed by atoms with Gasteiger partial charge < -0.3 is 15.3 Å². The molecule has 0 saturated carbocycles. The van der Waals surface area contributed by atoms with Crippen molar-refractivity contribution in [2.75, 3.05) is 18.4 Å². The first-order valence-corrected chi connectivity index (χ1v) is 7.06. The standard InChI is InChI=1S/C16H19N3O2/c1-12-6-8-19(9-7-12)16(21)13(10-17)11-18-14-4-2-3-5-15(14)20/h2-5,11-12,18,20H,6-9H2,1H3/b13-11-. The van der Waals surface area contributed by atoms with E-state index in [9.17, 15) is 9.90 Å². The van der Waals surface area contributed by atoms with Crippen LogP contribution in [-0.4, -0.2) is 29.0 Å². The van der Waals surface area contributed by atoms with Crippen LogP contribution >= 0.6 is 0 Å². The molecule has 0 atom stereocenters. The van der Waals surface area contributed by atoms with Crippen LogP contribution in [0.1, 0.15) is 19.8 Å². The van der Waals surface area contributed by atoms with Crippen LogP contribution in [0, 0.1) is 17.2 Å². The Hall–Kier alpha value is -2.48. The van der Waals surface area contributed by atoms with E-state index < -0.39 is 0 Å². The maximum absolute atomic E-state index is 12.3. The number of phenols is 1. The summed E-state index contributed by atoms with van der Waals surface area (Å²) >= 11 is 0. The molecule has 0 radical (unpaired) electrons. The molecule has 1 saturated heterocycles. The van der Waals surface area contributed by atoms with E-state index in [1.807, 2.05) is 6.07 Å². The van der Waals surface area contributed by atoms with Gasteiger partial charge in [-0.25, -0.2) is 0 Å². The summed E-state index contributed by atoms with van der Waals surface area (Å²) in [6.45, 7) is 3.55. The maximum Gasteiger partial charge on any atom is 0.266 e. The lowest BCUT2D eigenvalue weighted by Crippen LogP contribution is -2.38. The van der Waals surface area contributed by atoms with Crippen molar-refractivity contribution < 1.29 is 9.90 Å². The molecule has 110 valence electrons. The SMILES string of the molecule is CC1CCN(C(=O)/C(C#N)=C\Nc2ccccc2O)CC1. The molecule has 1 aromatic rings. The molecule has 0 aromatic heterocycles. The van der Waals surface area contributed by atoms with Gasteiger partial charge >= 0.3 is 0 Å². The van der Waals surface area contributed by atoms with Crippen LogP contribution < -0.4 is 5.32 Å². The number of carbonyl (C=O) groups is 1. The molecule has 0 unspecified atom stereocenters. The van der Waals surface area contributed by atoms with Crippen molar-refractivity contribution in [3.8, 4) is 11.8 Å². The van der Waals surface area contributed by atoms with Gasteiger partial charge in [0.2, 0.25) is 0 Å². The Morgan fingerprint density at radius 1 is 1.43 bits per heavy atom. The Labute approximate surface area is 124 Å². The molecule has 21 heavy (non-hydrogen) atoms. The topological polar surface area (TPSA) is 76.4 Å². The molecule has 1 aliphatic rings. The van der Waals surface area contributed by atoms with E-state index in [1.165, 1.54) is 12.3 Å². The zero-order valence-electron chi connectivity index (χ0n) is 12.0. The average molecular weight is 285 g/mol. The highest BCUT2D eigenvalue weighted by Crippen LogP contribution is 2.22. The molecule has 2 rings (SSSR count). The summed E-state index contributed by atoms with van der Waals surface area (Å²) < 4.78 is 0. The van der Waals surface area contributed by atoms with E-state index in [-0.39, 0.29) is 17.2 Å². The highest BCUT2D eigenvalue weighted by atomic mass is 16.3. The first-order chi connectivity index (χ1) is 10.1. The van der Waals surface area contributed by atoms with E-state index in [0.29, 0.717) is 24.7 Å². The second-order valence-corrected chi connectivity index (χ2v) is 5.31. The van der Waals surface area contributed by atoms with Crippen LogP contribution in [0.25, 0.3) is 0 Å². The Morgan fingerprint density at radius 3 is 2.71 bits per heavy atom. The number of carbonyl (C=O) groups excluding carboxylic acids is 1. The lowest BCUT2D eigenvalue weighted by atomic mass is 9.99. The third-order valence-corrected chi connectivity index (χ3v) is 3.70. The second kappa shape index (κ2) is 6.80. The molecular weight excluding hydrogens is 266 g/mol. The number of nitriles is 1. The van der Waals surface area contributed by atoms with Crippen LogP contribution in [0.2, 0.25) is 0 Å². The number of amides is 1. The Bertz CT molecular complexity index is 581. The van der Waals surface area contributed by atoms with Gasteiger partial charge in [0.25, 0.3) is 5.91 Å². The molecule has 0 spiro atoms. The number of hydrogen-bond acceptors (Lipinski definition) is 4. The van der Waals surface area contributed by atoms with Gasteiger partial charge in [-0.2, -0.15) is 5.26 Å². The lowest BCUT2D eigenvalue weighted by molar-refractivity contribution is -0.128. The molecule has 2 N–H and O–H groups in total. The van der Waals surface area contributed by atoms with Crippen molar-refractivity contribution in [3.63, 3.8) is 0 Å². The van der Waals surface area contributed by atoms with Crippen LogP contribution in [0.15, 0.2) is 36.0 Å². The molecule has 5 nitrogen and oxygen atoms in total. The summed E-state index contributed by atoms with van der Waals surface area (Å²) in [7, 11) is 0. The Balaban J connectivity index is 2.05. The first kappa shape index (κ1) is 14.9. The number of hydrogen-bond donors (Lipinski definition) is 2. The van der Waals surface area contributed by atoms with Gasteiger partial charge in [0, 0.05) is 19.3 Å². The number of para-hydroxylation sites is 2. The summed E-state index contributed by atoms with van der Waals surface area (Å²) in [5.41, 5.74) is 0.512. The van der Waals surface area contributed by atoms with E-state index in [2.05, 4.69) is 12.2 Å². The van der Waals surface area contributed by atoms with E-state index in [4.69, 9.17) is 5.26 Å². The predicted molar refractivity (Wildman–Crippen MR) is 80.4 cm³/mol. The van der Waals surface area contributed by atoms with E-state index >= 15 is 0 Å². The van der Waals surface area contributed by atoms with Gasteiger partial charge in [0.15, 0.2) is 0 Å². The Kier molecular flexibility index (Phi) is 4.83. The highest BCUT2D eigenvalue weighted by molar-refractivity contribution is 5.97. The normalized spacial score (nSPS) is 16.4. The van der Waals surface area contributed by atoms with E-state index in [0.717, 1.165) is 12.8 Å². The quantitative estimate of drug-likeness (QED) is 0.508. The fraction of sp³-hybridized carbons (Fsp3) is 0.375. The monoisotopic (exact) mass is 285 g/mol. The lowest BCUT2D eigenvalue weighted by Gasteiger charge is -2.30. The molecule has 1 heterocycles. The summed E-state index contributed by atoms with van der Waals surface area (Å²) in [6.07, 6.45) is 3.30. The van der Waals surface area contributed by atoms with Crippen molar-refractivity contribution in [1.82, 2.24) is 4.90 Å². The summed E-state index contributed by atoms with van der Waals surface area (Å²) in [4.78, 5) is 14.0. The third kappa shape index (κ3) is 3.76. The molecule has 0 aliphatic carbocycles. The number of phenolic OH excluding ortho intramolecular Hbond substituents is 1. The average Bonchev–Trinajstić information content (AvgIpc) is 2.50. The number of anilines is 1. The molecular formula is C16H19N3O2. The van der Waals surface area contributed by atoms with Crippen LogP contribution in [0.4, 0.5) is 5.69 Å². The number of nitrogens with zero attached hydrogens (tertiary/aromatic N) is 2. The second-order valence-electron chi connectivity index (χ2n) is 5.31. The summed E-state index contributed by atoms with van der Waals surface area (Å²) in [5, 5.41) is 21.6. The number of likely N-dealkylation sites (tertiary alicyclic amines) is 1. The number of aromatic hydroxyl groups is 1. The maximum atomic E-state index is 12.3. The van der Waals surface area contributed by atoms with Crippen molar-refractivity contribution in [1.29, 1.82) is 5.26 Å². The summed E-state index contributed by atoms with van der Waals surface area (Å²) in [6, 6.07) is 8.60. The third-order valence-electron chi connectivity index (χ3n) is 3.70. The minimum atomic E-state index is -0.257. The number of benzene rings is 1. The number of piperidine rings is 1. The number of nitrogens with one attached hydrogen (secondary N) is 1. The van der Waals surface area contributed by atoms with Gasteiger partial charge in [0.1, 0.15) is 17.4 Å². The molecule has 1 amide bonds. The largest absolute Gasteiger partial charge is 0.506 e. The fourth-order valence-electron chi connectivity index (χ4n) is 2.27. The smallest absolute Gasteiger partial charge is 0.266 e. The first-order valence-electron chi connectivity index (χ1n) is 7.06. The zero-order chi connectivity index (χ0) is 15.2. The number of rotatable bonds is 3. The van der Waals surface area contributed by atoms with Crippen molar-refractivity contribution in [3.05, 3.63) is 36.0 Å². The van der Waals surface area contributed by atoms with Gasteiger partial charge in [-0.05, 0) is 30.9 Å². The molecule has 5 heteroatoms. The molecule has 1 aromatic carbocycles. The van der Waals surface area contributed by atoms with Gasteiger partial charge in [-0.15, -0.1) is 0 Å². The zero-order valence-corrected chi connectivity index (χ0v) is 12.0. The van der Waals surface area contributed by atoms with Crippen molar-refractivity contribution in [2.24, 2.45) is 5.92 Å². The van der Waals surface area contributed by atoms with Gasteiger partial charge in [0.05, 0.1) is 5.69 Å². The van der Waals surface area contributed by atoms with Crippen LogP contribution in [0.5, 0.6) is 5.75 Å². The Morgan fingerprint density at radius 2 is 2.10 bits per heavy atom. The van der Waals surface area contributed by atoms with Gasteiger partial charge in [-0.3, -0.25) is 4.79 Å². The van der Waals surface area contributed by atoms with Crippen LogP contribution in [-0.2, 0) is 4.79 Å². The van der Waals surface area contributed by atoms with E-state index in [1.54, 1.807) is 23.1 Å².